The first kappa shape index (κ1) is 26.7. The number of hydrazone groups is 1. The van der Waals surface area contributed by atoms with Gasteiger partial charge in [0.2, 0.25) is 0 Å². The first-order chi connectivity index (χ1) is 16.2. The van der Waals surface area contributed by atoms with E-state index in [1.54, 1.807) is 43.3 Å². The molecule has 1 unspecified atom stereocenters. The molecule has 34 heavy (non-hydrogen) atoms. The van der Waals surface area contributed by atoms with Gasteiger partial charge in [-0.2, -0.15) is 5.10 Å². The number of nitrogens with one attached hydrogen (secondary N) is 2. The molecule has 0 saturated carbocycles. The Labute approximate surface area is 203 Å². The minimum absolute atomic E-state index is 0.186. The summed E-state index contributed by atoms with van der Waals surface area (Å²) in [6, 6.07) is 10.6. The van der Waals surface area contributed by atoms with E-state index >= 15 is 0 Å². The number of nitrogens with zero attached hydrogens (tertiary/aromatic N) is 1. The van der Waals surface area contributed by atoms with Crippen LogP contribution < -0.4 is 20.2 Å². The van der Waals surface area contributed by atoms with Gasteiger partial charge in [0.25, 0.3) is 11.8 Å². The quantitative estimate of drug-likeness (QED) is 0.284. The number of carbonyl (C=O) groups is 3. The Bertz CT molecular complexity index is 1040. The van der Waals surface area contributed by atoms with E-state index in [0.29, 0.717) is 27.6 Å². The summed E-state index contributed by atoms with van der Waals surface area (Å²) in [4.78, 5) is 36.6. The number of methoxy groups -OCH3 is 1. The number of halogens is 1. The van der Waals surface area contributed by atoms with Gasteiger partial charge in [0.05, 0.1) is 19.9 Å². The van der Waals surface area contributed by atoms with Crippen molar-refractivity contribution in [3.05, 3.63) is 58.6 Å². The molecule has 10 heteroatoms. The third-order valence-electron chi connectivity index (χ3n) is 4.55. The van der Waals surface area contributed by atoms with E-state index in [-0.39, 0.29) is 19.1 Å². The van der Waals surface area contributed by atoms with E-state index in [4.69, 9.17) is 25.8 Å². The normalized spacial score (nSPS) is 11.7. The molecule has 0 radical (unpaired) electrons. The summed E-state index contributed by atoms with van der Waals surface area (Å²) in [7, 11) is 1.46. The molecule has 2 rings (SSSR count). The minimum Gasteiger partial charge on any atom is -0.493 e. The van der Waals surface area contributed by atoms with Crippen molar-refractivity contribution in [1.29, 1.82) is 0 Å². The maximum Gasteiger partial charge on any atom is 0.344 e. The SMILES string of the molecule is CCOC(=O)COc1ccc(/C=N/NC(=O)C(NC(=O)c2cccc(Cl)c2)C(C)C)cc1OC. The van der Waals surface area contributed by atoms with Gasteiger partial charge in [-0.25, -0.2) is 10.2 Å². The summed E-state index contributed by atoms with van der Waals surface area (Å²) < 4.78 is 15.5. The van der Waals surface area contributed by atoms with E-state index in [9.17, 15) is 14.4 Å². The molecule has 0 fully saturated rings. The van der Waals surface area contributed by atoms with Crippen molar-refractivity contribution in [2.24, 2.45) is 11.0 Å². The van der Waals surface area contributed by atoms with Crippen molar-refractivity contribution >= 4 is 35.6 Å². The highest BCUT2D eigenvalue weighted by Gasteiger charge is 2.24. The van der Waals surface area contributed by atoms with Gasteiger partial charge in [-0.3, -0.25) is 9.59 Å². The zero-order valence-corrected chi connectivity index (χ0v) is 20.2. The Balaban J connectivity index is 2.00. The second kappa shape index (κ2) is 13.2. The predicted octanol–water partition coefficient (Wildman–Crippen LogP) is 3.20. The van der Waals surface area contributed by atoms with Gasteiger partial charge in [0, 0.05) is 10.6 Å². The van der Waals surface area contributed by atoms with E-state index in [1.807, 2.05) is 13.8 Å². The lowest BCUT2D eigenvalue weighted by molar-refractivity contribution is -0.145. The van der Waals surface area contributed by atoms with E-state index in [2.05, 4.69) is 15.8 Å². The first-order valence-corrected chi connectivity index (χ1v) is 11.0. The van der Waals surface area contributed by atoms with Crippen molar-refractivity contribution in [3.8, 4) is 11.5 Å². The highest BCUT2D eigenvalue weighted by molar-refractivity contribution is 6.31. The van der Waals surface area contributed by atoms with Crippen molar-refractivity contribution < 1.29 is 28.6 Å². The van der Waals surface area contributed by atoms with Crippen molar-refractivity contribution in [2.75, 3.05) is 20.3 Å². The smallest absolute Gasteiger partial charge is 0.344 e. The summed E-state index contributed by atoms with van der Waals surface area (Å²) >= 11 is 5.94. The standard InChI is InChI=1S/C24H28ClN3O6/c1-5-33-21(29)14-34-19-10-9-16(11-20(19)32-4)13-26-28-24(31)22(15(2)3)27-23(30)17-7-6-8-18(25)12-17/h6-13,15,22H,5,14H2,1-4H3,(H,27,30)(H,28,31)/b26-13+. The summed E-state index contributed by atoms with van der Waals surface area (Å²) in [6.07, 6.45) is 1.42. The van der Waals surface area contributed by atoms with E-state index < -0.39 is 23.8 Å². The van der Waals surface area contributed by atoms with Crippen molar-refractivity contribution in [1.82, 2.24) is 10.7 Å². The molecule has 2 aromatic carbocycles. The first-order valence-electron chi connectivity index (χ1n) is 10.6. The molecule has 182 valence electrons. The molecule has 0 aromatic heterocycles. The van der Waals surface area contributed by atoms with Gasteiger partial charge in [-0.15, -0.1) is 0 Å². The van der Waals surface area contributed by atoms with Gasteiger partial charge in [0.1, 0.15) is 6.04 Å². The average Bonchev–Trinajstić information content (AvgIpc) is 2.81. The van der Waals surface area contributed by atoms with Crippen LogP contribution in [-0.2, 0) is 14.3 Å². The molecular weight excluding hydrogens is 462 g/mol. The molecule has 0 aliphatic rings. The summed E-state index contributed by atoms with van der Waals surface area (Å²) in [5.41, 5.74) is 3.41. The lowest BCUT2D eigenvalue weighted by atomic mass is 10.0. The van der Waals surface area contributed by atoms with Crippen molar-refractivity contribution in [2.45, 2.75) is 26.8 Å². The molecule has 2 aromatic rings. The second-order valence-electron chi connectivity index (χ2n) is 7.44. The fourth-order valence-electron chi connectivity index (χ4n) is 2.85. The third-order valence-corrected chi connectivity index (χ3v) is 4.78. The van der Waals surface area contributed by atoms with Crippen LogP contribution >= 0.6 is 11.6 Å². The number of esters is 1. The molecule has 0 heterocycles. The molecule has 0 aliphatic carbocycles. The molecule has 0 spiro atoms. The van der Waals surface area contributed by atoms with Crippen LogP contribution in [0.25, 0.3) is 0 Å². The largest absolute Gasteiger partial charge is 0.493 e. The predicted molar refractivity (Wildman–Crippen MR) is 128 cm³/mol. The molecule has 2 amide bonds. The lowest BCUT2D eigenvalue weighted by Gasteiger charge is -2.20. The molecular formula is C24H28ClN3O6. The van der Waals surface area contributed by atoms with E-state index in [1.165, 1.54) is 19.4 Å². The maximum absolute atomic E-state index is 12.6. The lowest BCUT2D eigenvalue weighted by Crippen LogP contribution is -2.48. The fraction of sp³-hybridized carbons (Fsp3) is 0.333. The van der Waals surface area contributed by atoms with Crippen LogP contribution in [-0.4, -0.2) is 50.4 Å². The van der Waals surface area contributed by atoms with Gasteiger partial charge in [-0.1, -0.05) is 31.5 Å². The van der Waals surface area contributed by atoms with Gasteiger partial charge < -0.3 is 19.5 Å². The minimum atomic E-state index is -0.808. The number of ether oxygens (including phenoxy) is 3. The zero-order chi connectivity index (χ0) is 25.1. The Morgan fingerprint density at radius 2 is 1.88 bits per heavy atom. The van der Waals surface area contributed by atoms with Crippen molar-refractivity contribution in [3.63, 3.8) is 0 Å². The number of amides is 2. The Kier molecular flexibility index (Phi) is 10.3. The summed E-state index contributed by atoms with van der Waals surface area (Å²) in [5.74, 6) is -0.811. The van der Waals surface area contributed by atoms with Crippen LogP contribution in [0.2, 0.25) is 5.02 Å². The Hall–Kier alpha value is -3.59. The molecule has 0 bridgehead atoms. The molecule has 1 atom stereocenters. The fourth-order valence-corrected chi connectivity index (χ4v) is 3.04. The number of carbonyl (C=O) groups excluding carboxylic acids is 3. The topological polar surface area (TPSA) is 115 Å². The molecule has 9 nitrogen and oxygen atoms in total. The van der Waals surface area contributed by atoms with Crippen LogP contribution in [0.4, 0.5) is 0 Å². The second-order valence-corrected chi connectivity index (χ2v) is 7.88. The van der Waals surface area contributed by atoms with Crippen LogP contribution in [0, 0.1) is 5.92 Å². The molecule has 0 saturated heterocycles. The maximum atomic E-state index is 12.6. The van der Waals surface area contributed by atoms with Gasteiger partial charge in [-0.05, 0) is 54.8 Å². The zero-order valence-electron chi connectivity index (χ0n) is 19.5. The number of rotatable bonds is 11. The van der Waals surface area contributed by atoms with Gasteiger partial charge in [0.15, 0.2) is 18.1 Å². The number of benzene rings is 2. The molecule has 2 N–H and O–H groups in total. The molecule has 0 aliphatic heterocycles. The van der Waals surface area contributed by atoms with Crippen LogP contribution in [0.15, 0.2) is 47.6 Å². The Morgan fingerprint density at radius 3 is 2.53 bits per heavy atom. The average molecular weight is 490 g/mol. The third kappa shape index (κ3) is 8.08. The number of hydrogen-bond acceptors (Lipinski definition) is 7. The Morgan fingerprint density at radius 1 is 1.12 bits per heavy atom. The van der Waals surface area contributed by atoms with E-state index in [0.717, 1.165) is 0 Å². The highest BCUT2D eigenvalue weighted by atomic mass is 35.5. The van der Waals surface area contributed by atoms with Gasteiger partial charge >= 0.3 is 5.97 Å². The highest BCUT2D eigenvalue weighted by Crippen LogP contribution is 2.27. The van der Waals surface area contributed by atoms with Crippen LogP contribution in [0.1, 0.15) is 36.7 Å². The monoisotopic (exact) mass is 489 g/mol. The summed E-state index contributed by atoms with van der Waals surface area (Å²) in [5, 5.41) is 7.11. The summed E-state index contributed by atoms with van der Waals surface area (Å²) in [6.45, 7) is 5.35. The van der Waals surface area contributed by atoms with Crippen LogP contribution in [0.3, 0.4) is 0 Å². The number of hydrogen-bond donors (Lipinski definition) is 2. The van der Waals surface area contributed by atoms with Crippen LogP contribution in [0.5, 0.6) is 11.5 Å².